The molecular formula is C16H30N4O. The standard InChI is InChI=1S/C16H30N4O/c21-16(2-1-14-3-6-17-7-4-14)20-11-9-19(10-12-20)15-5-8-18-13-15/h14-15,17-18H,1-13H2. The highest BCUT2D eigenvalue weighted by atomic mass is 16.2. The Balaban J connectivity index is 1.36. The van der Waals surface area contributed by atoms with Gasteiger partial charge in [0.2, 0.25) is 5.91 Å². The van der Waals surface area contributed by atoms with E-state index in [-0.39, 0.29) is 0 Å². The van der Waals surface area contributed by atoms with E-state index in [1.54, 1.807) is 0 Å². The van der Waals surface area contributed by atoms with Crippen molar-refractivity contribution in [3.05, 3.63) is 0 Å². The molecule has 2 N–H and O–H groups in total. The van der Waals surface area contributed by atoms with Crippen molar-refractivity contribution in [3.63, 3.8) is 0 Å². The van der Waals surface area contributed by atoms with Gasteiger partial charge in [-0.25, -0.2) is 0 Å². The number of hydrogen-bond donors (Lipinski definition) is 2. The molecule has 3 heterocycles. The van der Waals surface area contributed by atoms with E-state index in [0.717, 1.165) is 71.1 Å². The van der Waals surface area contributed by atoms with Crippen LogP contribution in [0.15, 0.2) is 0 Å². The van der Waals surface area contributed by atoms with Gasteiger partial charge in [0.1, 0.15) is 0 Å². The van der Waals surface area contributed by atoms with Crippen molar-refractivity contribution < 1.29 is 4.79 Å². The van der Waals surface area contributed by atoms with Gasteiger partial charge < -0.3 is 15.5 Å². The van der Waals surface area contributed by atoms with E-state index in [9.17, 15) is 4.79 Å². The summed E-state index contributed by atoms with van der Waals surface area (Å²) in [4.78, 5) is 17.0. The van der Waals surface area contributed by atoms with Crippen LogP contribution >= 0.6 is 0 Å². The van der Waals surface area contributed by atoms with E-state index in [1.165, 1.54) is 19.3 Å². The van der Waals surface area contributed by atoms with E-state index in [4.69, 9.17) is 0 Å². The summed E-state index contributed by atoms with van der Waals surface area (Å²) in [7, 11) is 0. The summed E-state index contributed by atoms with van der Waals surface area (Å²) >= 11 is 0. The number of piperazine rings is 1. The van der Waals surface area contributed by atoms with Crippen LogP contribution in [0.4, 0.5) is 0 Å². The first-order valence-electron chi connectivity index (χ1n) is 8.76. The van der Waals surface area contributed by atoms with Crippen molar-refractivity contribution in [1.29, 1.82) is 0 Å². The summed E-state index contributed by atoms with van der Waals surface area (Å²) < 4.78 is 0. The second kappa shape index (κ2) is 7.56. The predicted molar refractivity (Wildman–Crippen MR) is 84.3 cm³/mol. The molecule has 0 aromatic carbocycles. The quantitative estimate of drug-likeness (QED) is 0.781. The van der Waals surface area contributed by atoms with Gasteiger partial charge in [-0.3, -0.25) is 9.69 Å². The van der Waals surface area contributed by atoms with Gasteiger partial charge in [-0.15, -0.1) is 0 Å². The molecular weight excluding hydrogens is 264 g/mol. The molecule has 120 valence electrons. The monoisotopic (exact) mass is 294 g/mol. The lowest BCUT2D eigenvalue weighted by molar-refractivity contribution is -0.133. The number of carbonyl (C=O) groups is 1. The Morgan fingerprint density at radius 3 is 2.33 bits per heavy atom. The van der Waals surface area contributed by atoms with Crippen LogP contribution in [0.2, 0.25) is 0 Å². The van der Waals surface area contributed by atoms with E-state index in [2.05, 4.69) is 20.4 Å². The lowest BCUT2D eigenvalue weighted by Gasteiger charge is -2.38. The zero-order chi connectivity index (χ0) is 14.5. The Labute approximate surface area is 128 Å². The molecule has 0 radical (unpaired) electrons. The molecule has 1 unspecified atom stereocenters. The third kappa shape index (κ3) is 4.18. The largest absolute Gasteiger partial charge is 0.340 e. The van der Waals surface area contributed by atoms with E-state index in [0.29, 0.717) is 11.9 Å². The van der Waals surface area contributed by atoms with Gasteiger partial charge in [0.15, 0.2) is 0 Å². The zero-order valence-corrected chi connectivity index (χ0v) is 13.1. The fourth-order valence-corrected chi connectivity index (χ4v) is 3.94. The molecule has 21 heavy (non-hydrogen) atoms. The number of amides is 1. The SMILES string of the molecule is O=C(CCC1CCNCC1)N1CCN(C2CCNC2)CC1. The van der Waals surface area contributed by atoms with Crippen molar-refractivity contribution in [2.24, 2.45) is 5.92 Å². The van der Waals surface area contributed by atoms with Gasteiger partial charge in [-0.1, -0.05) is 0 Å². The molecule has 0 aromatic heterocycles. The lowest BCUT2D eigenvalue weighted by atomic mass is 9.93. The molecule has 3 aliphatic rings. The summed E-state index contributed by atoms with van der Waals surface area (Å²) in [6, 6.07) is 0.706. The number of carbonyl (C=O) groups excluding carboxylic acids is 1. The highest BCUT2D eigenvalue weighted by molar-refractivity contribution is 5.76. The van der Waals surface area contributed by atoms with E-state index in [1.807, 2.05) is 0 Å². The van der Waals surface area contributed by atoms with Crippen molar-refractivity contribution in [2.45, 2.75) is 38.1 Å². The molecule has 5 heteroatoms. The molecule has 3 saturated heterocycles. The topological polar surface area (TPSA) is 47.6 Å². The van der Waals surface area contributed by atoms with Crippen LogP contribution in [-0.2, 0) is 4.79 Å². The van der Waals surface area contributed by atoms with Crippen molar-refractivity contribution in [2.75, 3.05) is 52.4 Å². The minimum Gasteiger partial charge on any atom is -0.340 e. The molecule has 0 aromatic rings. The zero-order valence-electron chi connectivity index (χ0n) is 13.1. The van der Waals surface area contributed by atoms with Crippen LogP contribution in [0, 0.1) is 5.92 Å². The van der Waals surface area contributed by atoms with Gasteiger partial charge >= 0.3 is 0 Å². The number of nitrogens with one attached hydrogen (secondary N) is 2. The van der Waals surface area contributed by atoms with E-state index < -0.39 is 0 Å². The van der Waals surface area contributed by atoms with Crippen molar-refractivity contribution in [3.8, 4) is 0 Å². The van der Waals surface area contributed by atoms with Crippen LogP contribution < -0.4 is 10.6 Å². The first kappa shape index (κ1) is 15.3. The molecule has 0 saturated carbocycles. The number of rotatable bonds is 4. The second-order valence-corrected chi connectivity index (χ2v) is 6.80. The summed E-state index contributed by atoms with van der Waals surface area (Å²) in [6.07, 6.45) is 5.61. The summed E-state index contributed by atoms with van der Waals surface area (Å²) in [5.74, 6) is 1.15. The highest BCUT2D eigenvalue weighted by Gasteiger charge is 2.27. The normalized spacial score (nSPS) is 29.0. The molecule has 0 aliphatic carbocycles. The summed E-state index contributed by atoms with van der Waals surface area (Å²) in [5, 5.41) is 6.82. The summed E-state index contributed by atoms with van der Waals surface area (Å²) in [6.45, 7) is 8.53. The second-order valence-electron chi connectivity index (χ2n) is 6.80. The molecule has 5 nitrogen and oxygen atoms in total. The Kier molecular flexibility index (Phi) is 5.49. The Bertz CT molecular complexity index is 329. The van der Waals surface area contributed by atoms with E-state index >= 15 is 0 Å². The minimum atomic E-state index is 0.387. The van der Waals surface area contributed by atoms with Gasteiger partial charge in [0, 0.05) is 45.2 Å². The first-order chi connectivity index (χ1) is 10.3. The Morgan fingerprint density at radius 2 is 1.67 bits per heavy atom. The van der Waals surface area contributed by atoms with Crippen molar-refractivity contribution >= 4 is 5.91 Å². The number of nitrogens with zero attached hydrogens (tertiary/aromatic N) is 2. The molecule has 1 atom stereocenters. The fraction of sp³-hybridized carbons (Fsp3) is 0.938. The lowest BCUT2D eigenvalue weighted by Crippen LogP contribution is -2.52. The third-order valence-electron chi connectivity index (χ3n) is 5.44. The first-order valence-corrected chi connectivity index (χ1v) is 8.76. The molecule has 3 aliphatic heterocycles. The predicted octanol–water partition coefficient (Wildman–Crippen LogP) is 0.272. The maximum absolute atomic E-state index is 12.3. The van der Waals surface area contributed by atoms with Crippen LogP contribution in [0.5, 0.6) is 0 Å². The molecule has 0 bridgehead atoms. The van der Waals surface area contributed by atoms with Gasteiger partial charge in [-0.05, 0) is 51.2 Å². The molecule has 0 spiro atoms. The smallest absolute Gasteiger partial charge is 0.222 e. The average Bonchev–Trinajstić information content (AvgIpc) is 3.08. The van der Waals surface area contributed by atoms with Gasteiger partial charge in [0.25, 0.3) is 0 Å². The Hall–Kier alpha value is -0.650. The number of piperidine rings is 1. The highest BCUT2D eigenvalue weighted by Crippen LogP contribution is 2.19. The van der Waals surface area contributed by atoms with Crippen molar-refractivity contribution in [1.82, 2.24) is 20.4 Å². The molecule has 3 rings (SSSR count). The average molecular weight is 294 g/mol. The maximum Gasteiger partial charge on any atom is 0.222 e. The third-order valence-corrected chi connectivity index (χ3v) is 5.44. The maximum atomic E-state index is 12.3. The number of hydrogen-bond acceptors (Lipinski definition) is 4. The van der Waals surface area contributed by atoms with Crippen LogP contribution in [0.3, 0.4) is 0 Å². The van der Waals surface area contributed by atoms with Gasteiger partial charge in [0.05, 0.1) is 0 Å². The summed E-state index contributed by atoms with van der Waals surface area (Å²) in [5.41, 5.74) is 0. The van der Waals surface area contributed by atoms with Crippen LogP contribution in [0.25, 0.3) is 0 Å². The molecule has 3 fully saturated rings. The van der Waals surface area contributed by atoms with Crippen LogP contribution in [-0.4, -0.2) is 74.1 Å². The fourth-order valence-electron chi connectivity index (χ4n) is 3.94. The van der Waals surface area contributed by atoms with Gasteiger partial charge in [-0.2, -0.15) is 0 Å². The Morgan fingerprint density at radius 1 is 0.952 bits per heavy atom. The van der Waals surface area contributed by atoms with Crippen LogP contribution in [0.1, 0.15) is 32.1 Å². The molecule has 1 amide bonds. The minimum absolute atomic E-state index is 0.387.